The quantitative estimate of drug-likeness (QED) is 0.677. The van der Waals surface area contributed by atoms with E-state index in [9.17, 15) is 14.4 Å². The van der Waals surface area contributed by atoms with Gasteiger partial charge in [-0.1, -0.05) is 25.3 Å². The number of nitrogens with two attached hydrogens (primary N) is 1. The SMILES string of the molecule is CN1CCC(N)CC1.Cn1c(=O)n(C2CCC(=O)NC2=O)c2ccc(C3CCCCC3)cc21. The number of carbonyl (C=O) groups is 2. The van der Waals surface area contributed by atoms with Crippen LogP contribution in [-0.2, 0) is 16.6 Å². The highest BCUT2D eigenvalue weighted by Crippen LogP contribution is 2.34. The number of nitrogens with one attached hydrogen (secondary N) is 1. The van der Waals surface area contributed by atoms with Crippen molar-refractivity contribution in [2.75, 3.05) is 20.1 Å². The van der Waals surface area contributed by atoms with Gasteiger partial charge in [0.2, 0.25) is 11.8 Å². The van der Waals surface area contributed by atoms with Crippen molar-refractivity contribution in [1.82, 2.24) is 19.4 Å². The third-order valence-electron chi connectivity index (χ3n) is 7.47. The first-order valence-electron chi connectivity index (χ1n) is 12.3. The van der Waals surface area contributed by atoms with Gasteiger partial charge in [-0.25, -0.2) is 4.79 Å². The summed E-state index contributed by atoms with van der Waals surface area (Å²) in [6.45, 7) is 2.36. The summed E-state index contributed by atoms with van der Waals surface area (Å²) in [6, 6.07) is 6.03. The summed E-state index contributed by atoms with van der Waals surface area (Å²) in [6.07, 6.45) is 9.22. The predicted octanol–water partition coefficient (Wildman–Crippen LogP) is 2.40. The molecule has 1 saturated carbocycles. The van der Waals surface area contributed by atoms with E-state index in [1.165, 1.54) is 63.6 Å². The molecule has 3 N–H and O–H groups in total. The van der Waals surface area contributed by atoms with Crippen LogP contribution in [0.2, 0.25) is 0 Å². The van der Waals surface area contributed by atoms with Crippen molar-refractivity contribution in [3.63, 3.8) is 0 Å². The first-order chi connectivity index (χ1) is 15.8. The van der Waals surface area contributed by atoms with Crippen molar-refractivity contribution in [2.24, 2.45) is 12.8 Å². The van der Waals surface area contributed by atoms with E-state index in [0.29, 0.717) is 18.4 Å². The molecule has 8 heteroatoms. The molecule has 2 aromatic rings. The Morgan fingerprint density at radius 3 is 2.24 bits per heavy atom. The molecule has 1 atom stereocenters. The second kappa shape index (κ2) is 10.2. The second-order valence-corrected chi connectivity index (χ2v) is 9.90. The van der Waals surface area contributed by atoms with E-state index < -0.39 is 6.04 Å². The highest BCUT2D eigenvalue weighted by atomic mass is 16.2. The Morgan fingerprint density at radius 1 is 0.909 bits per heavy atom. The lowest BCUT2D eigenvalue weighted by Crippen LogP contribution is -2.44. The van der Waals surface area contributed by atoms with Crippen LogP contribution in [0.1, 0.15) is 75.3 Å². The number of amides is 2. The Balaban J connectivity index is 0.000000275. The minimum absolute atomic E-state index is 0.203. The summed E-state index contributed by atoms with van der Waals surface area (Å²) < 4.78 is 3.16. The van der Waals surface area contributed by atoms with Crippen molar-refractivity contribution < 1.29 is 9.59 Å². The average Bonchev–Trinajstić information content (AvgIpc) is 3.06. The van der Waals surface area contributed by atoms with Crippen LogP contribution in [0.3, 0.4) is 0 Å². The van der Waals surface area contributed by atoms with Crippen LogP contribution in [-0.4, -0.2) is 52.0 Å². The number of aryl methyl sites for hydroxylation is 1. The number of nitrogens with zero attached hydrogens (tertiary/aromatic N) is 3. The number of carbonyl (C=O) groups excluding carboxylic acids is 2. The van der Waals surface area contributed by atoms with Gasteiger partial charge in [0.25, 0.3) is 0 Å². The van der Waals surface area contributed by atoms with E-state index in [1.54, 1.807) is 16.2 Å². The van der Waals surface area contributed by atoms with Crippen molar-refractivity contribution in [3.8, 4) is 0 Å². The number of rotatable bonds is 2. The van der Waals surface area contributed by atoms with Crippen molar-refractivity contribution in [1.29, 1.82) is 0 Å². The van der Waals surface area contributed by atoms with Crippen LogP contribution < -0.4 is 16.7 Å². The van der Waals surface area contributed by atoms with E-state index >= 15 is 0 Å². The average molecular weight is 456 g/mol. The molecule has 180 valence electrons. The van der Waals surface area contributed by atoms with Crippen LogP contribution >= 0.6 is 0 Å². The first kappa shape index (κ1) is 23.7. The highest BCUT2D eigenvalue weighted by Gasteiger charge is 2.31. The van der Waals surface area contributed by atoms with E-state index in [-0.39, 0.29) is 23.9 Å². The van der Waals surface area contributed by atoms with Crippen LogP contribution in [0.25, 0.3) is 11.0 Å². The fourth-order valence-electron chi connectivity index (χ4n) is 5.33. The molecule has 3 aliphatic rings. The standard InChI is InChI=1S/C19H23N3O3.C6H14N2/c1-21-16-11-13(12-5-3-2-4-6-12)7-8-14(16)22(19(21)25)15-9-10-17(23)20-18(15)24;1-8-4-2-6(7)3-5-8/h7-8,11-12,15H,2-6,9-10H2,1H3,(H,20,23,24);6H,2-5,7H2,1H3. The maximum atomic E-state index is 12.8. The number of likely N-dealkylation sites (tertiary alicyclic amines) is 1. The molecule has 3 heterocycles. The topological polar surface area (TPSA) is 102 Å². The Bertz CT molecular complexity index is 1050. The summed E-state index contributed by atoms with van der Waals surface area (Å²) in [4.78, 5) is 38.7. The molecule has 33 heavy (non-hydrogen) atoms. The van der Waals surface area contributed by atoms with Crippen molar-refractivity contribution in [3.05, 3.63) is 34.2 Å². The molecular weight excluding hydrogens is 418 g/mol. The predicted molar refractivity (Wildman–Crippen MR) is 129 cm³/mol. The van der Waals surface area contributed by atoms with Gasteiger partial charge in [-0.05, 0) is 75.9 Å². The number of hydrogen-bond acceptors (Lipinski definition) is 5. The lowest BCUT2D eigenvalue weighted by atomic mass is 9.84. The van der Waals surface area contributed by atoms with Crippen LogP contribution in [0.4, 0.5) is 0 Å². The number of fused-ring (bicyclic) bond motifs is 1. The van der Waals surface area contributed by atoms with Gasteiger partial charge < -0.3 is 10.6 Å². The molecular formula is C25H37N5O3. The third kappa shape index (κ3) is 5.22. The number of imidazole rings is 1. The molecule has 1 aromatic carbocycles. The van der Waals surface area contributed by atoms with Gasteiger partial charge in [-0.3, -0.25) is 24.0 Å². The summed E-state index contributed by atoms with van der Waals surface area (Å²) >= 11 is 0. The lowest BCUT2D eigenvalue weighted by Gasteiger charge is -2.25. The van der Waals surface area contributed by atoms with Crippen LogP contribution in [0.5, 0.6) is 0 Å². The van der Waals surface area contributed by atoms with Crippen LogP contribution in [0, 0.1) is 0 Å². The van der Waals surface area contributed by atoms with Gasteiger partial charge in [0.1, 0.15) is 6.04 Å². The zero-order valence-electron chi connectivity index (χ0n) is 19.9. The van der Waals surface area contributed by atoms with Gasteiger partial charge in [-0.15, -0.1) is 0 Å². The second-order valence-electron chi connectivity index (χ2n) is 9.90. The highest BCUT2D eigenvalue weighted by molar-refractivity contribution is 6.00. The third-order valence-corrected chi connectivity index (χ3v) is 7.47. The van der Waals surface area contributed by atoms with Crippen molar-refractivity contribution >= 4 is 22.8 Å². The Kier molecular flexibility index (Phi) is 7.34. The number of benzene rings is 1. The fraction of sp³-hybridized carbons (Fsp3) is 0.640. The van der Waals surface area contributed by atoms with E-state index in [1.807, 2.05) is 6.07 Å². The molecule has 1 unspecified atom stereocenters. The fourth-order valence-corrected chi connectivity index (χ4v) is 5.33. The maximum absolute atomic E-state index is 12.8. The zero-order chi connectivity index (χ0) is 23.5. The maximum Gasteiger partial charge on any atom is 0.329 e. The van der Waals surface area contributed by atoms with Crippen LogP contribution in [0.15, 0.2) is 23.0 Å². The minimum Gasteiger partial charge on any atom is -0.328 e. The normalized spacial score (nSPS) is 23.3. The summed E-state index contributed by atoms with van der Waals surface area (Å²) in [5, 5.41) is 2.35. The molecule has 2 amide bonds. The molecule has 2 saturated heterocycles. The molecule has 5 rings (SSSR count). The molecule has 8 nitrogen and oxygen atoms in total. The van der Waals surface area contributed by atoms with Gasteiger partial charge in [0.15, 0.2) is 0 Å². The van der Waals surface area contributed by atoms with Gasteiger partial charge in [0, 0.05) is 19.5 Å². The Morgan fingerprint density at radius 2 is 1.61 bits per heavy atom. The zero-order valence-corrected chi connectivity index (χ0v) is 19.9. The number of hydrogen-bond donors (Lipinski definition) is 2. The smallest absolute Gasteiger partial charge is 0.328 e. The molecule has 1 aliphatic carbocycles. The summed E-state index contributed by atoms with van der Waals surface area (Å²) in [7, 11) is 3.89. The summed E-state index contributed by atoms with van der Waals surface area (Å²) in [5.74, 6) is -0.0940. The summed E-state index contributed by atoms with van der Waals surface area (Å²) in [5.41, 5.74) is 8.37. The number of imide groups is 1. The lowest BCUT2D eigenvalue weighted by molar-refractivity contribution is -0.135. The molecule has 1 aromatic heterocycles. The number of piperidine rings is 2. The first-order valence-corrected chi connectivity index (χ1v) is 12.3. The molecule has 0 radical (unpaired) electrons. The number of aromatic nitrogens is 2. The molecule has 0 bridgehead atoms. The Hall–Kier alpha value is -2.45. The molecule has 3 fully saturated rings. The van der Waals surface area contributed by atoms with Gasteiger partial charge in [0.05, 0.1) is 11.0 Å². The van der Waals surface area contributed by atoms with Gasteiger partial charge >= 0.3 is 5.69 Å². The molecule has 0 spiro atoms. The van der Waals surface area contributed by atoms with E-state index in [4.69, 9.17) is 5.73 Å². The molecule has 2 aliphatic heterocycles. The van der Waals surface area contributed by atoms with Crippen molar-refractivity contribution in [2.45, 2.75) is 75.8 Å². The minimum atomic E-state index is -0.616. The van der Waals surface area contributed by atoms with E-state index in [2.05, 4.69) is 29.4 Å². The Labute approximate surface area is 195 Å². The largest absolute Gasteiger partial charge is 0.329 e. The monoisotopic (exact) mass is 455 g/mol. The van der Waals surface area contributed by atoms with E-state index in [0.717, 1.165) is 11.0 Å². The van der Waals surface area contributed by atoms with Gasteiger partial charge in [-0.2, -0.15) is 0 Å².